The average Bonchev–Trinajstić information content (AvgIpc) is 2.27. The van der Waals surface area contributed by atoms with Crippen LogP contribution in [0.1, 0.15) is 26.2 Å². The van der Waals surface area contributed by atoms with E-state index >= 15 is 0 Å². The molecule has 1 saturated heterocycles. The van der Waals surface area contributed by atoms with Gasteiger partial charge >= 0.3 is 5.97 Å². The molecule has 2 N–H and O–H groups in total. The molecular formula is C10H20N2O4S. The highest BCUT2D eigenvalue weighted by molar-refractivity contribution is 7.89. The lowest BCUT2D eigenvalue weighted by molar-refractivity contribution is -0.136. The first-order chi connectivity index (χ1) is 7.79. The molecule has 0 saturated carbocycles. The summed E-state index contributed by atoms with van der Waals surface area (Å²) in [6.07, 6.45) is 1.16. The van der Waals surface area contributed by atoms with Crippen LogP contribution in [0.3, 0.4) is 0 Å². The molecule has 0 radical (unpaired) electrons. The molecule has 1 aliphatic rings. The summed E-state index contributed by atoms with van der Waals surface area (Å²) in [7, 11) is -1.54. The maximum Gasteiger partial charge on any atom is 0.304 e. The number of nitrogens with zero attached hydrogens (tertiary/aromatic N) is 1. The van der Waals surface area contributed by atoms with Crippen molar-refractivity contribution >= 4 is 16.0 Å². The summed E-state index contributed by atoms with van der Waals surface area (Å²) in [5.41, 5.74) is -0.0151. The molecule has 7 heteroatoms. The Labute approximate surface area is 102 Å². The van der Waals surface area contributed by atoms with Crippen LogP contribution in [0.5, 0.6) is 0 Å². The van der Waals surface area contributed by atoms with Gasteiger partial charge in [-0.05, 0) is 26.8 Å². The van der Waals surface area contributed by atoms with E-state index < -0.39 is 16.0 Å². The fourth-order valence-corrected chi connectivity index (χ4v) is 3.28. The zero-order valence-corrected chi connectivity index (χ0v) is 11.1. The van der Waals surface area contributed by atoms with Crippen LogP contribution >= 0.6 is 0 Å². The maximum atomic E-state index is 11.8. The number of nitrogens with one attached hydrogen (secondary N) is 1. The van der Waals surface area contributed by atoms with Crippen LogP contribution in [-0.4, -0.2) is 55.2 Å². The molecule has 1 fully saturated rings. The summed E-state index contributed by atoms with van der Waals surface area (Å²) in [5.74, 6) is -1.39. The number of hydrogen-bond donors (Lipinski definition) is 2. The number of rotatable bonds is 5. The van der Waals surface area contributed by atoms with Gasteiger partial charge in [-0.25, -0.2) is 12.7 Å². The van der Waals surface area contributed by atoms with Crippen molar-refractivity contribution in [2.75, 3.05) is 25.9 Å². The lowest BCUT2D eigenvalue weighted by Crippen LogP contribution is -2.51. The quantitative estimate of drug-likeness (QED) is 0.722. The van der Waals surface area contributed by atoms with E-state index in [1.165, 1.54) is 4.31 Å². The van der Waals surface area contributed by atoms with Crippen molar-refractivity contribution in [3.8, 4) is 0 Å². The van der Waals surface area contributed by atoms with Crippen molar-refractivity contribution in [3.63, 3.8) is 0 Å². The van der Waals surface area contributed by atoms with E-state index in [0.717, 1.165) is 12.8 Å². The third-order valence-corrected chi connectivity index (χ3v) is 5.27. The number of carbonyl (C=O) groups is 1. The van der Waals surface area contributed by atoms with Crippen molar-refractivity contribution in [1.29, 1.82) is 0 Å². The topological polar surface area (TPSA) is 86.7 Å². The predicted octanol–water partition coefficient (Wildman–Crippen LogP) is -0.135. The highest BCUT2D eigenvalue weighted by Crippen LogP contribution is 2.23. The van der Waals surface area contributed by atoms with Crippen molar-refractivity contribution in [1.82, 2.24) is 9.62 Å². The van der Waals surface area contributed by atoms with Gasteiger partial charge in [-0.15, -0.1) is 0 Å². The highest BCUT2D eigenvalue weighted by atomic mass is 32.2. The minimum atomic E-state index is -3.41. The van der Waals surface area contributed by atoms with E-state index in [-0.39, 0.29) is 17.7 Å². The van der Waals surface area contributed by atoms with Crippen LogP contribution in [0.2, 0.25) is 0 Å². The number of hydrogen-bond acceptors (Lipinski definition) is 4. The van der Waals surface area contributed by atoms with E-state index in [2.05, 4.69) is 12.2 Å². The van der Waals surface area contributed by atoms with E-state index in [4.69, 9.17) is 5.11 Å². The number of piperidine rings is 1. The number of carboxylic acid groups (broad SMARTS) is 1. The Morgan fingerprint density at radius 3 is 2.35 bits per heavy atom. The number of sulfonamides is 1. The first-order valence-electron chi connectivity index (χ1n) is 5.68. The summed E-state index contributed by atoms with van der Waals surface area (Å²) in [6, 6.07) is 0. The Bertz CT molecular complexity index is 372. The molecule has 0 aromatic rings. The van der Waals surface area contributed by atoms with Crippen molar-refractivity contribution in [2.24, 2.45) is 0 Å². The van der Waals surface area contributed by atoms with Crippen molar-refractivity contribution in [3.05, 3.63) is 0 Å². The molecule has 0 bridgehead atoms. The van der Waals surface area contributed by atoms with Gasteiger partial charge in [0.1, 0.15) is 0 Å². The predicted molar refractivity (Wildman–Crippen MR) is 64.3 cm³/mol. The second kappa shape index (κ2) is 5.32. The normalized spacial score (nSPS) is 21.3. The van der Waals surface area contributed by atoms with E-state index in [1.54, 1.807) is 0 Å². The molecule has 0 aromatic carbocycles. The third-order valence-electron chi connectivity index (χ3n) is 3.40. The van der Waals surface area contributed by atoms with Crippen molar-refractivity contribution < 1.29 is 18.3 Å². The van der Waals surface area contributed by atoms with Crippen LogP contribution in [0.4, 0.5) is 0 Å². The van der Waals surface area contributed by atoms with Crippen LogP contribution < -0.4 is 5.32 Å². The first kappa shape index (κ1) is 14.4. The minimum Gasteiger partial charge on any atom is -0.481 e. The molecule has 0 atom stereocenters. The zero-order chi connectivity index (χ0) is 13.1. The minimum absolute atomic E-state index is 0.0151. The largest absolute Gasteiger partial charge is 0.481 e. The summed E-state index contributed by atoms with van der Waals surface area (Å²) in [4.78, 5) is 10.4. The van der Waals surface area contributed by atoms with Crippen LogP contribution in [0, 0.1) is 0 Å². The summed E-state index contributed by atoms with van der Waals surface area (Å²) in [5, 5.41) is 11.7. The monoisotopic (exact) mass is 264 g/mol. The van der Waals surface area contributed by atoms with Crippen molar-refractivity contribution in [2.45, 2.75) is 31.7 Å². The van der Waals surface area contributed by atoms with Crippen LogP contribution in [0.25, 0.3) is 0 Å². The molecule has 1 aliphatic heterocycles. The standard InChI is InChI=1S/C10H20N2O4S/c1-10(11-2)4-6-12(7-5-10)17(15,16)8-3-9(13)14/h11H,3-8H2,1-2H3,(H,13,14). The van der Waals surface area contributed by atoms with E-state index in [0.29, 0.717) is 13.1 Å². The molecule has 0 unspecified atom stereocenters. The van der Waals surface area contributed by atoms with Gasteiger partial charge in [-0.1, -0.05) is 0 Å². The Hall–Kier alpha value is -0.660. The second-order valence-corrected chi connectivity index (χ2v) is 6.76. The summed E-state index contributed by atoms with van der Waals surface area (Å²) in [6.45, 7) is 2.98. The van der Waals surface area contributed by atoms with Gasteiger partial charge in [0.15, 0.2) is 0 Å². The van der Waals surface area contributed by atoms with Gasteiger partial charge in [-0.2, -0.15) is 0 Å². The van der Waals surface area contributed by atoms with Gasteiger partial charge in [0.25, 0.3) is 0 Å². The van der Waals surface area contributed by atoms with E-state index in [9.17, 15) is 13.2 Å². The van der Waals surface area contributed by atoms with E-state index in [1.807, 2.05) is 7.05 Å². The Morgan fingerprint density at radius 1 is 1.41 bits per heavy atom. The molecule has 17 heavy (non-hydrogen) atoms. The highest BCUT2D eigenvalue weighted by Gasteiger charge is 2.33. The van der Waals surface area contributed by atoms with Crippen LogP contribution in [0.15, 0.2) is 0 Å². The fraction of sp³-hybridized carbons (Fsp3) is 0.900. The zero-order valence-electron chi connectivity index (χ0n) is 10.3. The lowest BCUT2D eigenvalue weighted by Gasteiger charge is -2.38. The molecular weight excluding hydrogens is 244 g/mol. The molecule has 6 nitrogen and oxygen atoms in total. The Balaban J connectivity index is 2.56. The smallest absolute Gasteiger partial charge is 0.304 e. The number of aliphatic carboxylic acids is 1. The van der Waals surface area contributed by atoms with Gasteiger partial charge in [0.05, 0.1) is 12.2 Å². The average molecular weight is 264 g/mol. The molecule has 0 aromatic heterocycles. The Kier molecular flexibility index (Phi) is 4.51. The maximum absolute atomic E-state index is 11.8. The molecule has 0 spiro atoms. The molecule has 100 valence electrons. The van der Waals surface area contributed by atoms with Gasteiger partial charge in [0, 0.05) is 18.6 Å². The summed E-state index contributed by atoms with van der Waals surface area (Å²) < 4.78 is 25.1. The third kappa shape index (κ3) is 3.93. The molecule has 1 rings (SSSR count). The summed E-state index contributed by atoms with van der Waals surface area (Å²) >= 11 is 0. The lowest BCUT2D eigenvalue weighted by atomic mass is 9.91. The molecule has 0 amide bonds. The van der Waals surface area contributed by atoms with Gasteiger partial charge < -0.3 is 10.4 Å². The molecule has 0 aliphatic carbocycles. The van der Waals surface area contributed by atoms with Gasteiger partial charge in [-0.3, -0.25) is 4.79 Å². The molecule has 1 heterocycles. The van der Waals surface area contributed by atoms with Gasteiger partial charge in [0.2, 0.25) is 10.0 Å². The SMILES string of the molecule is CNC1(C)CCN(S(=O)(=O)CCC(=O)O)CC1. The Morgan fingerprint density at radius 2 is 1.94 bits per heavy atom. The second-order valence-electron chi connectivity index (χ2n) is 4.67. The van der Waals surface area contributed by atoms with Crippen LogP contribution in [-0.2, 0) is 14.8 Å². The number of carboxylic acids is 1. The fourth-order valence-electron chi connectivity index (χ4n) is 1.85. The first-order valence-corrected chi connectivity index (χ1v) is 7.28.